The van der Waals surface area contributed by atoms with Gasteiger partial charge in [0.2, 0.25) is 0 Å². The number of hydrogen-bond acceptors (Lipinski definition) is 2. The fraction of sp³-hybridized carbons (Fsp3) is 0.412. The van der Waals surface area contributed by atoms with Crippen LogP contribution in [0.25, 0.3) is 10.2 Å². The second-order valence-electron chi connectivity index (χ2n) is 5.66. The smallest absolute Gasteiger partial charge is 0.250 e. The molecule has 0 spiro atoms. The van der Waals surface area contributed by atoms with E-state index in [0.717, 1.165) is 10.2 Å². The Balaban J connectivity index is 2.67. The Bertz CT molecular complexity index is 772. The summed E-state index contributed by atoms with van der Waals surface area (Å²) in [7, 11) is 0. The first-order valence-corrected chi connectivity index (χ1v) is 7.91. The van der Waals surface area contributed by atoms with Crippen molar-refractivity contribution in [2.45, 2.75) is 40.2 Å². The third-order valence-corrected chi connectivity index (χ3v) is 4.36. The third kappa shape index (κ3) is 3.25. The van der Waals surface area contributed by atoms with E-state index in [4.69, 9.17) is 6.42 Å². The molecule has 0 aliphatic carbocycles. The van der Waals surface area contributed by atoms with Crippen molar-refractivity contribution in [1.82, 2.24) is 4.57 Å². The summed E-state index contributed by atoms with van der Waals surface area (Å²) >= 11 is 1.52. The molecule has 0 aliphatic heterocycles. The van der Waals surface area contributed by atoms with E-state index in [1.54, 1.807) is 0 Å². The van der Waals surface area contributed by atoms with Crippen molar-refractivity contribution < 1.29 is 4.79 Å². The van der Waals surface area contributed by atoms with Crippen LogP contribution in [0.2, 0.25) is 0 Å². The van der Waals surface area contributed by atoms with Crippen LogP contribution >= 0.6 is 11.3 Å². The molecule has 1 aromatic heterocycles. The van der Waals surface area contributed by atoms with E-state index in [1.807, 2.05) is 18.4 Å². The van der Waals surface area contributed by atoms with Crippen LogP contribution in [0.1, 0.15) is 39.2 Å². The molecular formula is C17H20N2OS. The van der Waals surface area contributed by atoms with Crippen molar-refractivity contribution in [2.24, 2.45) is 10.9 Å². The molecule has 1 heterocycles. The molecule has 0 atom stereocenters. The lowest BCUT2D eigenvalue weighted by atomic mass is 10.0. The number of terminal acetylenes is 1. The van der Waals surface area contributed by atoms with Crippen molar-refractivity contribution in [1.29, 1.82) is 0 Å². The van der Waals surface area contributed by atoms with Crippen LogP contribution in [-0.2, 0) is 11.3 Å². The van der Waals surface area contributed by atoms with Crippen LogP contribution in [0.3, 0.4) is 0 Å². The highest BCUT2D eigenvalue weighted by atomic mass is 32.1. The highest BCUT2D eigenvalue weighted by molar-refractivity contribution is 7.16. The molecule has 0 N–H and O–H groups in total. The molecular weight excluding hydrogens is 280 g/mol. The monoisotopic (exact) mass is 300 g/mol. The van der Waals surface area contributed by atoms with Crippen LogP contribution in [0, 0.1) is 18.3 Å². The van der Waals surface area contributed by atoms with Gasteiger partial charge >= 0.3 is 0 Å². The molecule has 110 valence electrons. The lowest BCUT2D eigenvalue weighted by Crippen LogP contribution is -2.18. The van der Waals surface area contributed by atoms with E-state index < -0.39 is 0 Å². The molecule has 2 aromatic rings. The van der Waals surface area contributed by atoms with Gasteiger partial charge in [-0.1, -0.05) is 51.0 Å². The first-order valence-electron chi connectivity index (χ1n) is 7.09. The van der Waals surface area contributed by atoms with E-state index >= 15 is 0 Å². The Morgan fingerprint density at radius 3 is 2.67 bits per heavy atom. The van der Waals surface area contributed by atoms with Crippen LogP contribution < -0.4 is 4.80 Å². The van der Waals surface area contributed by atoms with E-state index in [9.17, 15) is 4.79 Å². The number of carbonyl (C=O) groups excluding carboxylic acids is 1. The molecule has 0 bridgehead atoms. The van der Waals surface area contributed by atoms with Gasteiger partial charge < -0.3 is 4.57 Å². The Hall–Kier alpha value is -1.86. The zero-order valence-corrected chi connectivity index (χ0v) is 13.7. The number of carbonyl (C=O) groups is 1. The largest absolute Gasteiger partial charge is 0.305 e. The fourth-order valence-corrected chi connectivity index (χ4v) is 3.08. The van der Waals surface area contributed by atoms with Crippen molar-refractivity contribution in [3.8, 4) is 12.3 Å². The number of amides is 1. The highest BCUT2D eigenvalue weighted by Gasteiger charge is 2.10. The standard InChI is InChI=1S/C17H20N2OS/c1-6-9-19-14-8-7-13(11(2)3)10-15(14)21-17(19)18-16(20)12(4)5/h1,7-8,10-12H,9H2,2-5H3. The lowest BCUT2D eigenvalue weighted by molar-refractivity contribution is -0.120. The average molecular weight is 300 g/mol. The van der Waals surface area contributed by atoms with E-state index in [2.05, 4.69) is 43.0 Å². The van der Waals surface area contributed by atoms with Gasteiger partial charge in [-0.05, 0) is 23.6 Å². The normalized spacial score (nSPS) is 12.3. The maximum absolute atomic E-state index is 11.9. The highest BCUT2D eigenvalue weighted by Crippen LogP contribution is 2.23. The van der Waals surface area contributed by atoms with Gasteiger partial charge in [-0.25, -0.2) is 0 Å². The maximum Gasteiger partial charge on any atom is 0.250 e. The summed E-state index contributed by atoms with van der Waals surface area (Å²) in [6, 6.07) is 6.34. The molecule has 1 aromatic carbocycles. The number of rotatable bonds is 3. The molecule has 0 radical (unpaired) electrons. The molecule has 4 heteroatoms. The molecule has 0 saturated heterocycles. The van der Waals surface area contributed by atoms with Gasteiger partial charge in [0, 0.05) is 5.92 Å². The Kier molecular flexibility index (Phi) is 4.64. The predicted octanol–water partition coefficient (Wildman–Crippen LogP) is 3.54. The minimum atomic E-state index is -0.114. The Morgan fingerprint density at radius 2 is 2.10 bits per heavy atom. The number of hydrogen-bond donors (Lipinski definition) is 0. The molecule has 1 amide bonds. The minimum Gasteiger partial charge on any atom is -0.305 e. The summed E-state index contributed by atoms with van der Waals surface area (Å²) in [5, 5.41) is 0. The zero-order chi connectivity index (χ0) is 15.6. The van der Waals surface area contributed by atoms with Gasteiger partial charge in [0.15, 0.2) is 4.80 Å². The fourth-order valence-electron chi connectivity index (χ4n) is 2.00. The third-order valence-electron chi connectivity index (χ3n) is 3.32. The molecule has 3 nitrogen and oxygen atoms in total. The van der Waals surface area contributed by atoms with E-state index in [0.29, 0.717) is 17.3 Å². The maximum atomic E-state index is 11.9. The number of benzene rings is 1. The molecule has 0 saturated carbocycles. The van der Waals surface area contributed by atoms with Crippen molar-refractivity contribution in [3.63, 3.8) is 0 Å². The SMILES string of the molecule is C#CCn1c(=NC(=O)C(C)C)sc2cc(C(C)C)ccc21. The molecule has 21 heavy (non-hydrogen) atoms. The van der Waals surface area contributed by atoms with Gasteiger partial charge in [0.25, 0.3) is 5.91 Å². The summed E-state index contributed by atoms with van der Waals surface area (Å²) in [6.45, 7) is 8.45. The average Bonchev–Trinajstić information content (AvgIpc) is 2.76. The van der Waals surface area contributed by atoms with Gasteiger partial charge in [0.05, 0.1) is 16.8 Å². The minimum absolute atomic E-state index is 0.110. The molecule has 2 rings (SSSR count). The summed E-state index contributed by atoms with van der Waals surface area (Å²) < 4.78 is 3.05. The van der Waals surface area contributed by atoms with Crippen LogP contribution in [0.4, 0.5) is 0 Å². The topological polar surface area (TPSA) is 34.4 Å². The summed E-state index contributed by atoms with van der Waals surface area (Å²) in [5.41, 5.74) is 2.32. The van der Waals surface area contributed by atoms with Crippen LogP contribution in [0.5, 0.6) is 0 Å². The van der Waals surface area contributed by atoms with Crippen LogP contribution in [0.15, 0.2) is 23.2 Å². The zero-order valence-electron chi connectivity index (χ0n) is 12.9. The first-order chi connectivity index (χ1) is 9.93. The quantitative estimate of drug-likeness (QED) is 0.798. The lowest BCUT2D eigenvalue weighted by Gasteiger charge is -2.05. The molecule has 0 fully saturated rings. The van der Waals surface area contributed by atoms with Crippen molar-refractivity contribution in [3.05, 3.63) is 28.6 Å². The Labute approximate surface area is 129 Å². The van der Waals surface area contributed by atoms with E-state index in [1.165, 1.54) is 16.9 Å². The number of fused-ring (bicyclic) bond motifs is 1. The summed E-state index contributed by atoms with van der Waals surface area (Å²) in [5.74, 6) is 2.88. The van der Waals surface area contributed by atoms with Crippen molar-refractivity contribution in [2.75, 3.05) is 0 Å². The predicted molar refractivity (Wildman–Crippen MR) is 88.1 cm³/mol. The van der Waals surface area contributed by atoms with Crippen LogP contribution in [-0.4, -0.2) is 10.5 Å². The van der Waals surface area contributed by atoms with Gasteiger partial charge in [-0.2, -0.15) is 4.99 Å². The molecule has 0 aliphatic rings. The van der Waals surface area contributed by atoms with Gasteiger partial charge in [-0.3, -0.25) is 4.79 Å². The second-order valence-corrected chi connectivity index (χ2v) is 6.67. The first kappa shape index (κ1) is 15.5. The summed E-state index contributed by atoms with van der Waals surface area (Å²) in [6.07, 6.45) is 5.46. The second kappa shape index (κ2) is 6.28. The van der Waals surface area contributed by atoms with Gasteiger partial charge in [0.1, 0.15) is 0 Å². The van der Waals surface area contributed by atoms with Crippen molar-refractivity contribution >= 4 is 27.5 Å². The molecule has 0 unspecified atom stereocenters. The Morgan fingerprint density at radius 1 is 1.38 bits per heavy atom. The number of aromatic nitrogens is 1. The number of nitrogens with zero attached hydrogens (tertiary/aromatic N) is 2. The van der Waals surface area contributed by atoms with E-state index in [-0.39, 0.29) is 11.8 Å². The summed E-state index contributed by atoms with van der Waals surface area (Å²) in [4.78, 5) is 16.8. The number of thiazole rings is 1. The van der Waals surface area contributed by atoms with Gasteiger partial charge in [-0.15, -0.1) is 6.42 Å².